The van der Waals surface area contributed by atoms with E-state index in [9.17, 15) is 0 Å². The molecule has 0 saturated heterocycles. The van der Waals surface area contributed by atoms with E-state index in [1.165, 1.54) is 43.2 Å². The van der Waals surface area contributed by atoms with Crippen molar-refractivity contribution in [1.29, 1.82) is 0 Å². The zero-order chi connectivity index (χ0) is 18.5. The Bertz CT molecular complexity index is 528. The number of hydrogen-bond donors (Lipinski definition) is 2. The molecule has 1 aliphatic carbocycles. The van der Waals surface area contributed by atoms with E-state index in [1.807, 2.05) is 6.92 Å². The number of benzene rings is 1. The summed E-state index contributed by atoms with van der Waals surface area (Å²) in [5, 5.41) is 6.75. The summed E-state index contributed by atoms with van der Waals surface area (Å²) in [4.78, 5) is 4.30. The Hall–Kier alpha value is -1.59. The molecule has 5 nitrogen and oxygen atoms in total. The smallest absolute Gasteiger partial charge is 0.191 e. The van der Waals surface area contributed by atoms with Crippen LogP contribution in [-0.4, -0.2) is 38.9 Å². The molecule has 0 bridgehead atoms. The van der Waals surface area contributed by atoms with Crippen LogP contribution in [0.25, 0.3) is 0 Å². The first-order valence-electron chi connectivity index (χ1n) is 10.0. The van der Waals surface area contributed by atoms with Crippen LogP contribution in [0.1, 0.15) is 56.6 Å². The summed E-state index contributed by atoms with van der Waals surface area (Å²) >= 11 is 0. The van der Waals surface area contributed by atoms with Gasteiger partial charge < -0.3 is 20.1 Å². The van der Waals surface area contributed by atoms with Crippen LogP contribution in [0.2, 0.25) is 0 Å². The number of guanidine groups is 1. The van der Waals surface area contributed by atoms with Gasteiger partial charge in [0.15, 0.2) is 5.96 Å². The van der Waals surface area contributed by atoms with Crippen LogP contribution in [0.4, 0.5) is 0 Å². The minimum absolute atomic E-state index is 0.489. The molecular weight excluding hydrogens is 326 g/mol. The van der Waals surface area contributed by atoms with Crippen molar-refractivity contribution in [1.82, 2.24) is 10.6 Å². The SMILES string of the molecule is CCOCc1ccccc1CNC(=NC)NCCCOC1CCCCC1. The fraction of sp³-hybridized carbons (Fsp3) is 0.667. The van der Waals surface area contributed by atoms with E-state index in [-0.39, 0.29) is 0 Å². The zero-order valence-electron chi connectivity index (χ0n) is 16.4. The highest BCUT2D eigenvalue weighted by atomic mass is 16.5. The van der Waals surface area contributed by atoms with E-state index >= 15 is 0 Å². The molecule has 0 aliphatic heterocycles. The highest BCUT2D eigenvalue weighted by molar-refractivity contribution is 5.79. The molecule has 2 N–H and O–H groups in total. The van der Waals surface area contributed by atoms with Gasteiger partial charge in [0.05, 0.1) is 12.7 Å². The fourth-order valence-electron chi connectivity index (χ4n) is 3.24. The second-order valence-corrected chi connectivity index (χ2v) is 6.74. The minimum Gasteiger partial charge on any atom is -0.378 e. The third-order valence-electron chi connectivity index (χ3n) is 4.77. The van der Waals surface area contributed by atoms with Gasteiger partial charge in [-0.25, -0.2) is 0 Å². The number of ether oxygens (including phenoxy) is 2. The van der Waals surface area contributed by atoms with Crippen LogP contribution in [-0.2, 0) is 22.6 Å². The third-order valence-corrected chi connectivity index (χ3v) is 4.77. The molecule has 146 valence electrons. The van der Waals surface area contributed by atoms with Crippen molar-refractivity contribution >= 4 is 5.96 Å². The summed E-state index contributed by atoms with van der Waals surface area (Å²) in [6.45, 7) is 5.83. The number of aliphatic imine (C=N–C) groups is 1. The predicted octanol–water partition coefficient (Wildman–Crippen LogP) is 3.63. The van der Waals surface area contributed by atoms with Crippen molar-refractivity contribution in [3.05, 3.63) is 35.4 Å². The van der Waals surface area contributed by atoms with Crippen molar-refractivity contribution in [3.8, 4) is 0 Å². The Morgan fingerprint density at radius 3 is 2.62 bits per heavy atom. The van der Waals surface area contributed by atoms with Gasteiger partial charge in [-0.1, -0.05) is 43.5 Å². The Kier molecular flexibility index (Phi) is 10.1. The first kappa shape index (κ1) is 20.7. The number of nitrogens with zero attached hydrogens (tertiary/aromatic N) is 1. The van der Waals surface area contributed by atoms with Crippen molar-refractivity contribution in [2.75, 3.05) is 26.8 Å². The van der Waals surface area contributed by atoms with Gasteiger partial charge in [-0.3, -0.25) is 4.99 Å². The van der Waals surface area contributed by atoms with Crippen LogP contribution >= 0.6 is 0 Å². The molecule has 0 atom stereocenters. The van der Waals surface area contributed by atoms with Crippen molar-refractivity contribution in [3.63, 3.8) is 0 Å². The minimum atomic E-state index is 0.489. The van der Waals surface area contributed by atoms with Crippen molar-refractivity contribution in [2.24, 2.45) is 4.99 Å². The van der Waals surface area contributed by atoms with E-state index in [0.717, 1.165) is 38.7 Å². The second-order valence-electron chi connectivity index (χ2n) is 6.74. The van der Waals surface area contributed by atoms with Crippen LogP contribution < -0.4 is 10.6 Å². The van der Waals surface area contributed by atoms with Gasteiger partial charge in [-0.05, 0) is 37.3 Å². The summed E-state index contributed by atoms with van der Waals surface area (Å²) in [6.07, 6.45) is 7.97. The topological polar surface area (TPSA) is 54.9 Å². The monoisotopic (exact) mass is 361 g/mol. The quantitative estimate of drug-likeness (QED) is 0.380. The first-order valence-corrected chi connectivity index (χ1v) is 10.0. The first-order chi connectivity index (χ1) is 12.8. The van der Waals surface area contributed by atoms with E-state index in [0.29, 0.717) is 12.7 Å². The lowest BCUT2D eigenvalue weighted by Gasteiger charge is -2.22. The van der Waals surface area contributed by atoms with Crippen LogP contribution in [0.15, 0.2) is 29.3 Å². The van der Waals surface area contributed by atoms with Gasteiger partial charge in [0.25, 0.3) is 0 Å². The summed E-state index contributed by atoms with van der Waals surface area (Å²) in [6, 6.07) is 8.36. The Morgan fingerprint density at radius 1 is 1.12 bits per heavy atom. The molecule has 26 heavy (non-hydrogen) atoms. The molecule has 0 heterocycles. The molecule has 2 rings (SSSR count). The molecule has 1 aromatic carbocycles. The van der Waals surface area contributed by atoms with Gasteiger partial charge in [-0.2, -0.15) is 0 Å². The number of rotatable bonds is 10. The average molecular weight is 362 g/mol. The maximum atomic E-state index is 5.97. The highest BCUT2D eigenvalue weighted by Crippen LogP contribution is 2.20. The normalized spacial score (nSPS) is 15.8. The summed E-state index contributed by atoms with van der Waals surface area (Å²) < 4.78 is 11.5. The van der Waals surface area contributed by atoms with Crippen LogP contribution in [0.3, 0.4) is 0 Å². The maximum Gasteiger partial charge on any atom is 0.191 e. The third kappa shape index (κ3) is 7.75. The molecule has 0 amide bonds. The Balaban J connectivity index is 1.64. The molecule has 0 aromatic heterocycles. The Labute approximate surface area is 158 Å². The Morgan fingerprint density at radius 2 is 1.88 bits per heavy atom. The van der Waals surface area contributed by atoms with Gasteiger partial charge >= 0.3 is 0 Å². The lowest BCUT2D eigenvalue weighted by molar-refractivity contribution is 0.0277. The zero-order valence-corrected chi connectivity index (χ0v) is 16.4. The molecule has 0 unspecified atom stereocenters. The maximum absolute atomic E-state index is 5.97. The lowest BCUT2D eigenvalue weighted by Crippen LogP contribution is -2.37. The van der Waals surface area contributed by atoms with E-state index in [4.69, 9.17) is 9.47 Å². The molecule has 1 aromatic rings. The second kappa shape index (κ2) is 12.7. The number of hydrogen-bond acceptors (Lipinski definition) is 3. The van der Waals surface area contributed by atoms with Crippen molar-refractivity contribution < 1.29 is 9.47 Å². The summed E-state index contributed by atoms with van der Waals surface area (Å²) in [5.74, 6) is 0.828. The summed E-state index contributed by atoms with van der Waals surface area (Å²) in [7, 11) is 1.81. The molecule has 5 heteroatoms. The summed E-state index contributed by atoms with van der Waals surface area (Å²) in [5.41, 5.74) is 2.46. The van der Waals surface area contributed by atoms with Gasteiger partial charge in [0.1, 0.15) is 0 Å². The van der Waals surface area contributed by atoms with E-state index < -0.39 is 0 Å². The standard InChI is InChI=1S/C21H35N3O2/c1-3-25-17-19-11-8-7-10-18(19)16-24-21(22-2)23-14-9-15-26-20-12-5-4-6-13-20/h7-8,10-11,20H,3-6,9,12-17H2,1-2H3,(H2,22,23,24). The molecular formula is C21H35N3O2. The lowest BCUT2D eigenvalue weighted by atomic mass is 9.98. The molecule has 1 fully saturated rings. The van der Waals surface area contributed by atoms with Crippen molar-refractivity contribution in [2.45, 2.75) is 64.7 Å². The van der Waals surface area contributed by atoms with Gasteiger partial charge in [0, 0.05) is 33.4 Å². The fourth-order valence-corrected chi connectivity index (χ4v) is 3.24. The largest absolute Gasteiger partial charge is 0.378 e. The van der Waals surface area contributed by atoms with Crippen LogP contribution in [0.5, 0.6) is 0 Å². The van der Waals surface area contributed by atoms with Crippen LogP contribution in [0, 0.1) is 0 Å². The number of nitrogens with one attached hydrogen (secondary N) is 2. The molecule has 1 saturated carbocycles. The van der Waals surface area contributed by atoms with E-state index in [2.05, 4.69) is 39.9 Å². The van der Waals surface area contributed by atoms with Gasteiger partial charge in [-0.15, -0.1) is 0 Å². The van der Waals surface area contributed by atoms with Gasteiger partial charge in [0.2, 0.25) is 0 Å². The molecule has 0 spiro atoms. The molecule has 1 aliphatic rings. The average Bonchev–Trinajstić information content (AvgIpc) is 2.70. The van der Waals surface area contributed by atoms with E-state index in [1.54, 1.807) is 7.05 Å². The molecule has 0 radical (unpaired) electrons. The predicted molar refractivity (Wildman–Crippen MR) is 107 cm³/mol. The highest BCUT2D eigenvalue weighted by Gasteiger charge is 2.13.